The van der Waals surface area contributed by atoms with Crippen LogP contribution >= 0.6 is 0 Å². The van der Waals surface area contributed by atoms with Crippen LogP contribution in [0.1, 0.15) is 5.56 Å². The molecule has 2 aromatic carbocycles. The molecule has 1 aliphatic rings. The maximum absolute atomic E-state index is 12.7. The first-order valence-corrected chi connectivity index (χ1v) is 8.89. The first-order valence-electron chi connectivity index (χ1n) is 7.41. The zero-order valence-corrected chi connectivity index (χ0v) is 14.0. The van der Waals surface area contributed by atoms with Gasteiger partial charge in [0, 0.05) is 11.4 Å². The number of cyclic esters (lactones) is 1. The smallest absolute Gasteiger partial charge is 0.416 e. The molecule has 0 saturated carbocycles. The van der Waals surface area contributed by atoms with E-state index in [1.807, 2.05) is 0 Å². The third-order valence-electron chi connectivity index (χ3n) is 3.66. The topological polar surface area (TPSA) is 75.7 Å². The number of anilines is 2. The minimum Gasteiger partial charge on any atom is -0.447 e. The summed E-state index contributed by atoms with van der Waals surface area (Å²) in [4.78, 5) is 12.7. The van der Waals surface area contributed by atoms with Crippen molar-refractivity contribution in [1.29, 1.82) is 0 Å². The normalized spacial score (nSPS) is 15.0. The molecule has 1 amide bonds. The van der Waals surface area contributed by atoms with Crippen molar-refractivity contribution in [1.82, 2.24) is 0 Å². The average Bonchev–Trinajstić information content (AvgIpc) is 3.00. The van der Waals surface area contributed by atoms with E-state index in [0.29, 0.717) is 18.3 Å². The van der Waals surface area contributed by atoms with E-state index in [0.717, 1.165) is 12.1 Å². The van der Waals surface area contributed by atoms with E-state index >= 15 is 0 Å². The third-order valence-corrected chi connectivity index (χ3v) is 5.06. The second kappa shape index (κ2) is 6.52. The van der Waals surface area contributed by atoms with Crippen LogP contribution in [0.4, 0.5) is 29.3 Å². The van der Waals surface area contributed by atoms with Crippen molar-refractivity contribution >= 4 is 27.5 Å². The highest BCUT2D eigenvalue weighted by molar-refractivity contribution is 7.92. The summed E-state index contributed by atoms with van der Waals surface area (Å²) in [6, 6.07) is 9.27. The van der Waals surface area contributed by atoms with E-state index in [2.05, 4.69) is 4.72 Å². The van der Waals surface area contributed by atoms with Crippen molar-refractivity contribution in [2.75, 3.05) is 22.8 Å². The molecule has 3 rings (SSSR count). The van der Waals surface area contributed by atoms with Gasteiger partial charge in [-0.3, -0.25) is 9.62 Å². The molecule has 0 aliphatic carbocycles. The fraction of sp³-hybridized carbons (Fsp3) is 0.188. The molecule has 1 fully saturated rings. The second-order valence-electron chi connectivity index (χ2n) is 5.44. The molecule has 1 aliphatic heterocycles. The molecule has 0 spiro atoms. The quantitative estimate of drug-likeness (QED) is 0.873. The van der Waals surface area contributed by atoms with Crippen LogP contribution in [-0.4, -0.2) is 27.7 Å². The number of nitrogens with one attached hydrogen (secondary N) is 1. The van der Waals surface area contributed by atoms with E-state index in [1.165, 1.54) is 35.2 Å². The molecule has 10 heteroatoms. The van der Waals surface area contributed by atoms with Gasteiger partial charge < -0.3 is 4.74 Å². The molecule has 0 aromatic heterocycles. The Morgan fingerprint density at radius 2 is 1.77 bits per heavy atom. The second-order valence-corrected chi connectivity index (χ2v) is 7.13. The van der Waals surface area contributed by atoms with E-state index in [4.69, 9.17) is 4.74 Å². The van der Waals surface area contributed by atoms with Crippen molar-refractivity contribution in [2.24, 2.45) is 0 Å². The molecular formula is C16H13F3N2O4S. The molecule has 26 heavy (non-hydrogen) atoms. The van der Waals surface area contributed by atoms with Crippen LogP contribution in [0.5, 0.6) is 0 Å². The largest absolute Gasteiger partial charge is 0.447 e. The van der Waals surface area contributed by atoms with Crippen LogP contribution in [-0.2, 0) is 20.9 Å². The Morgan fingerprint density at radius 3 is 2.35 bits per heavy atom. The van der Waals surface area contributed by atoms with E-state index in [9.17, 15) is 26.4 Å². The summed E-state index contributed by atoms with van der Waals surface area (Å²) >= 11 is 0. The van der Waals surface area contributed by atoms with Gasteiger partial charge in [-0.05, 0) is 42.5 Å². The predicted molar refractivity (Wildman–Crippen MR) is 87.4 cm³/mol. The number of benzene rings is 2. The number of carbonyl (C=O) groups is 1. The molecule has 138 valence electrons. The number of alkyl halides is 3. The summed E-state index contributed by atoms with van der Waals surface area (Å²) in [6.45, 7) is 0.601. The molecule has 6 nitrogen and oxygen atoms in total. The first-order chi connectivity index (χ1) is 12.2. The summed E-state index contributed by atoms with van der Waals surface area (Å²) in [5.74, 6) is 0. The molecular weight excluding hydrogens is 373 g/mol. The average molecular weight is 386 g/mol. The van der Waals surface area contributed by atoms with Gasteiger partial charge in [0.2, 0.25) is 0 Å². The minimum absolute atomic E-state index is 0.147. The molecule has 2 aromatic rings. The van der Waals surface area contributed by atoms with E-state index < -0.39 is 27.9 Å². The molecule has 0 unspecified atom stereocenters. The van der Waals surface area contributed by atoms with E-state index in [-0.39, 0.29) is 17.2 Å². The predicted octanol–water partition coefficient (Wildman–Crippen LogP) is 3.46. The Bertz CT molecular complexity index is 927. The van der Waals surface area contributed by atoms with Gasteiger partial charge in [0.25, 0.3) is 10.0 Å². The minimum atomic E-state index is -4.58. The number of rotatable bonds is 4. The number of hydrogen-bond acceptors (Lipinski definition) is 4. The van der Waals surface area contributed by atoms with Crippen molar-refractivity contribution in [3.63, 3.8) is 0 Å². The Kier molecular flexibility index (Phi) is 4.53. The molecule has 0 bridgehead atoms. The maximum Gasteiger partial charge on any atom is 0.416 e. The van der Waals surface area contributed by atoms with Gasteiger partial charge in [0.15, 0.2) is 0 Å². The zero-order chi connectivity index (χ0) is 18.9. The summed E-state index contributed by atoms with van der Waals surface area (Å²) in [7, 11) is -4.08. The van der Waals surface area contributed by atoms with Crippen molar-refractivity contribution in [3.8, 4) is 0 Å². The lowest BCUT2D eigenvalue weighted by molar-refractivity contribution is -0.137. The maximum atomic E-state index is 12.7. The number of hydrogen-bond donors (Lipinski definition) is 1. The fourth-order valence-electron chi connectivity index (χ4n) is 2.41. The highest BCUT2D eigenvalue weighted by Gasteiger charge is 2.31. The third kappa shape index (κ3) is 3.74. The lowest BCUT2D eigenvalue weighted by Crippen LogP contribution is -2.23. The standard InChI is InChI=1S/C16H13F3N2O4S/c17-16(18,19)11-2-1-3-12(10-11)20-26(23,24)14-6-4-13(5-7-14)21-8-9-25-15(21)22/h1-7,10,20H,8-9H2. The van der Waals surface area contributed by atoms with Crippen molar-refractivity contribution in [3.05, 3.63) is 54.1 Å². The summed E-state index contributed by atoms with van der Waals surface area (Å²) in [5.41, 5.74) is -0.696. The monoisotopic (exact) mass is 386 g/mol. The fourth-order valence-corrected chi connectivity index (χ4v) is 3.46. The van der Waals surface area contributed by atoms with Gasteiger partial charge in [-0.25, -0.2) is 13.2 Å². The van der Waals surface area contributed by atoms with Gasteiger partial charge in [-0.1, -0.05) is 6.07 Å². The number of sulfonamides is 1. The lowest BCUT2D eigenvalue weighted by Gasteiger charge is -2.14. The highest BCUT2D eigenvalue weighted by Crippen LogP contribution is 2.31. The Labute approximate surface area is 147 Å². The van der Waals surface area contributed by atoms with Gasteiger partial charge in [0.05, 0.1) is 17.0 Å². The number of halogens is 3. The van der Waals surface area contributed by atoms with Crippen LogP contribution in [0.15, 0.2) is 53.4 Å². The van der Waals surface area contributed by atoms with Crippen molar-refractivity contribution < 1.29 is 31.1 Å². The Balaban J connectivity index is 1.81. The number of amides is 1. The summed E-state index contributed by atoms with van der Waals surface area (Å²) in [5, 5.41) is 0. The van der Waals surface area contributed by atoms with Crippen LogP contribution in [0.2, 0.25) is 0 Å². The molecule has 1 saturated heterocycles. The Morgan fingerprint density at radius 1 is 1.08 bits per heavy atom. The molecule has 1 heterocycles. The Hall–Kier alpha value is -2.75. The molecule has 0 radical (unpaired) electrons. The summed E-state index contributed by atoms with van der Waals surface area (Å²) in [6.07, 6.45) is -5.10. The first kappa shape index (κ1) is 18.1. The SMILES string of the molecule is O=C1OCCN1c1ccc(S(=O)(=O)Nc2cccc(C(F)(F)F)c2)cc1. The van der Waals surface area contributed by atoms with E-state index in [1.54, 1.807) is 0 Å². The highest BCUT2D eigenvalue weighted by atomic mass is 32.2. The molecule has 0 atom stereocenters. The zero-order valence-electron chi connectivity index (χ0n) is 13.2. The van der Waals surface area contributed by atoms with Crippen LogP contribution in [0, 0.1) is 0 Å². The van der Waals surface area contributed by atoms with Crippen LogP contribution < -0.4 is 9.62 Å². The number of nitrogens with zero attached hydrogens (tertiary/aromatic N) is 1. The molecule has 1 N–H and O–H groups in total. The van der Waals surface area contributed by atoms with Gasteiger partial charge in [0.1, 0.15) is 6.61 Å². The van der Waals surface area contributed by atoms with Gasteiger partial charge >= 0.3 is 12.3 Å². The van der Waals surface area contributed by atoms with Gasteiger partial charge in [-0.2, -0.15) is 13.2 Å². The van der Waals surface area contributed by atoms with Crippen LogP contribution in [0.3, 0.4) is 0 Å². The van der Waals surface area contributed by atoms with Gasteiger partial charge in [-0.15, -0.1) is 0 Å². The number of ether oxygens (including phenoxy) is 1. The van der Waals surface area contributed by atoms with Crippen molar-refractivity contribution in [2.45, 2.75) is 11.1 Å². The lowest BCUT2D eigenvalue weighted by atomic mass is 10.2. The van der Waals surface area contributed by atoms with Crippen LogP contribution in [0.25, 0.3) is 0 Å². The number of carbonyl (C=O) groups excluding carboxylic acids is 1. The summed E-state index contributed by atoms with van der Waals surface area (Å²) < 4.78 is 69.8.